The Balaban J connectivity index is 1.46. The van der Waals surface area contributed by atoms with Gasteiger partial charge in [0.1, 0.15) is 11.9 Å². The maximum Gasteiger partial charge on any atom is 0.411 e. The van der Waals surface area contributed by atoms with E-state index in [4.69, 9.17) is 9.47 Å². The molecule has 1 aliphatic carbocycles. The van der Waals surface area contributed by atoms with Gasteiger partial charge in [0.2, 0.25) is 0 Å². The van der Waals surface area contributed by atoms with E-state index in [-0.39, 0.29) is 30.2 Å². The van der Waals surface area contributed by atoms with Gasteiger partial charge in [0.15, 0.2) is 0 Å². The second-order valence-corrected chi connectivity index (χ2v) is 7.35. The summed E-state index contributed by atoms with van der Waals surface area (Å²) in [7, 11) is 4.02. The van der Waals surface area contributed by atoms with Gasteiger partial charge in [-0.1, -0.05) is 30.3 Å². The van der Waals surface area contributed by atoms with Crippen molar-refractivity contribution in [2.45, 2.75) is 37.2 Å². The fourth-order valence-corrected chi connectivity index (χ4v) is 3.82. The Hall–Kier alpha value is -2.44. The summed E-state index contributed by atoms with van der Waals surface area (Å²) in [5.41, 5.74) is 1.97. The van der Waals surface area contributed by atoms with Crippen LogP contribution in [0.3, 0.4) is 0 Å². The molecule has 2 aromatic carbocycles. The summed E-state index contributed by atoms with van der Waals surface area (Å²) in [4.78, 5) is 14.6. The van der Waals surface area contributed by atoms with Crippen molar-refractivity contribution in [3.05, 3.63) is 54.3 Å². The van der Waals surface area contributed by atoms with E-state index in [0.29, 0.717) is 11.3 Å². The van der Waals surface area contributed by atoms with Crippen molar-refractivity contribution in [2.24, 2.45) is 0 Å². The normalized spacial score (nSPS) is 26.4. The smallest absolute Gasteiger partial charge is 0.411 e. The molecule has 142 valence electrons. The summed E-state index contributed by atoms with van der Waals surface area (Å²) in [6.07, 6.45) is 1.18. The zero-order valence-corrected chi connectivity index (χ0v) is 15.4. The minimum atomic E-state index is -0.527. The molecule has 1 saturated heterocycles. The Morgan fingerprint density at radius 2 is 1.96 bits per heavy atom. The molecule has 0 unspecified atom stereocenters. The Morgan fingerprint density at radius 3 is 2.70 bits per heavy atom. The van der Waals surface area contributed by atoms with Crippen molar-refractivity contribution in [3.8, 4) is 11.1 Å². The lowest BCUT2D eigenvalue weighted by Crippen LogP contribution is -2.42. The van der Waals surface area contributed by atoms with Gasteiger partial charge in [0.05, 0.1) is 17.9 Å². The monoisotopic (exact) mass is 370 g/mol. The number of carbonyl (C=O) groups excluding carboxylic acids is 1. The maximum atomic E-state index is 13.7. The van der Waals surface area contributed by atoms with Crippen LogP contribution in [0.5, 0.6) is 0 Å². The molecule has 2 aromatic rings. The molecule has 1 N–H and O–H groups in total. The summed E-state index contributed by atoms with van der Waals surface area (Å²) >= 11 is 0. The summed E-state index contributed by atoms with van der Waals surface area (Å²) in [5.74, 6) is -0.356. The van der Waals surface area contributed by atoms with Gasteiger partial charge in [-0.2, -0.15) is 0 Å². The molecule has 2 aliphatic rings. The van der Waals surface area contributed by atoms with Crippen LogP contribution in [0.15, 0.2) is 48.5 Å². The molecule has 1 heterocycles. The minimum Gasteiger partial charge on any atom is -0.446 e. The number of halogens is 1. The zero-order chi connectivity index (χ0) is 19.0. The first-order chi connectivity index (χ1) is 13.0. The highest BCUT2D eigenvalue weighted by Gasteiger charge is 2.52. The summed E-state index contributed by atoms with van der Waals surface area (Å²) in [6, 6.07) is 13.9. The quantitative estimate of drug-likeness (QED) is 0.830. The van der Waals surface area contributed by atoms with Gasteiger partial charge in [-0.15, -0.1) is 0 Å². The van der Waals surface area contributed by atoms with E-state index in [0.717, 1.165) is 18.4 Å². The number of hydrogen-bond acceptors (Lipinski definition) is 4. The van der Waals surface area contributed by atoms with E-state index in [1.807, 2.05) is 44.4 Å². The SMILES string of the molecule is CN(C)[C@@H]1C[C@@H](OC(=O)Nc2ccc(F)cc2-c2ccccc2)C[C@@H]2O[C@@H]21. The lowest BCUT2D eigenvalue weighted by atomic mass is 9.92. The lowest BCUT2D eigenvalue weighted by molar-refractivity contribution is 0.0687. The van der Waals surface area contributed by atoms with Crippen molar-refractivity contribution in [3.63, 3.8) is 0 Å². The van der Waals surface area contributed by atoms with Crippen LogP contribution in [0.2, 0.25) is 0 Å². The van der Waals surface area contributed by atoms with Crippen molar-refractivity contribution in [1.29, 1.82) is 0 Å². The number of nitrogens with one attached hydrogen (secondary N) is 1. The fourth-order valence-electron chi connectivity index (χ4n) is 3.82. The molecule has 4 rings (SSSR count). The number of ether oxygens (including phenoxy) is 2. The van der Waals surface area contributed by atoms with Crippen molar-refractivity contribution >= 4 is 11.8 Å². The van der Waals surface area contributed by atoms with Crippen molar-refractivity contribution in [1.82, 2.24) is 4.90 Å². The highest BCUT2D eigenvalue weighted by Crippen LogP contribution is 2.40. The van der Waals surface area contributed by atoms with Crippen molar-refractivity contribution in [2.75, 3.05) is 19.4 Å². The molecule has 2 fully saturated rings. The first kappa shape index (κ1) is 17.9. The Morgan fingerprint density at radius 1 is 1.19 bits per heavy atom. The number of rotatable bonds is 4. The number of carbonyl (C=O) groups is 1. The summed E-state index contributed by atoms with van der Waals surface area (Å²) in [6.45, 7) is 0. The second kappa shape index (κ2) is 7.29. The molecule has 1 amide bonds. The van der Waals surface area contributed by atoms with Crippen LogP contribution >= 0.6 is 0 Å². The van der Waals surface area contributed by atoms with E-state index >= 15 is 0 Å². The predicted octanol–water partition coefficient (Wildman–Crippen LogP) is 3.90. The largest absolute Gasteiger partial charge is 0.446 e. The van der Waals surface area contributed by atoms with Crippen LogP contribution in [-0.2, 0) is 9.47 Å². The third-order valence-electron chi connectivity index (χ3n) is 5.24. The van der Waals surface area contributed by atoms with Crippen LogP contribution in [-0.4, -0.2) is 49.4 Å². The average Bonchev–Trinajstić information content (AvgIpc) is 3.42. The molecule has 5 nitrogen and oxygen atoms in total. The molecule has 1 aliphatic heterocycles. The van der Waals surface area contributed by atoms with Crippen LogP contribution in [0.4, 0.5) is 14.9 Å². The van der Waals surface area contributed by atoms with Gasteiger partial charge in [-0.25, -0.2) is 9.18 Å². The number of benzene rings is 2. The number of hydrogen-bond donors (Lipinski definition) is 1. The van der Waals surface area contributed by atoms with Crippen LogP contribution in [0.1, 0.15) is 12.8 Å². The molecule has 0 spiro atoms. The van der Waals surface area contributed by atoms with E-state index in [1.165, 1.54) is 12.1 Å². The number of anilines is 1. The third kappa shape index (κ3) is 3.96. The molecular weight excluding hydrogens is 347 g/mol. The van der Waals surface area contributed by atoms with E-state index in [1.54, 1.807) is 6.07 Å². The molecule has 1 saturated carbocycles. The molecule has 6 heteroatoms. The van der Waals surface area contributed by atoms with Crippen LogP contribution < -0.4 is 5.32 Å². The number of likely N-dealkylation sites (N-methyl/N-ethyl adjacent to an activating group) is 1. The highest BCUT2D eigenvalue weighted by molar-refractivity contribution is 5.91. The van der Waals surface area contributed by atoms with Gasteiger partial charge < -0.3 is 14.4 Å². The van der Waals surface area contributed by atoms with E-state index in [2.05, 4.69) is 10.2 Å². The first-order valence-electron chi connectivity index (χ1n) is 9.16. The van der Waals surface area contributed by atoms with Gasteiger partial charge in [0.25, 0.3) is 0 Å². The second-order valence-electron chi connectivity index (χ2n) is 7.35. The number of nitrogens with zero attached hydrogens (tertiary/aromatic N) is 1. The van der Waals surface area contributed by atoms with E-state index < -0.39 is 6.09 Å². The van der Waals surface area contributed by atoms with E-state index in [9.17, 15) is 9.18 Å². The lowest BCUT2D eigenvalue weighted by Gasteiger charge is -2.30. The van der Waals surface area contributed by atoms with Crippen molar-refractivity contribution < 1.29 is 18.7 Å². The zero-order valence-electron chi connectivity index (χ0n) is 15.4. The molecule has 4 atom stereocenters. The van der Waals surface area contributed by atoms with Gasteiger partial charge in [0, 0.05) is 24.4 Å². The Bertz CT molecular complexity index is 827. The highest BCUT2D eigenvalue weighted by atomic mass is 19.1. The summed E-state index contributed by atoms with van der Waals surface area (Å²) < 4.78 is 25.1. The molecule has 0 aromatic heterocycles. The first-order valence-corrected chi connectivity index (χ1v) is 9.16. The molecule has 27 heavy (non-hydrogen) atoms. The number of epoxide rings is 1. The standard InChI is InChI=1S/C21H23FN2O3/c1-24(2)18-11-15(12-19-20(18)27-19)26-21(25)23-17-9-8-14(22)10-16(17)13-6-4-3-5-7-13/h3-10,15,18-20H,11-12H2,1-2H3,(H,23,25)/t15-,18-,19+,20-/m1/s1. The number of amides is 1. The Kier molecular flexibility index (Phi) is 4.85. The van der Waals surface area contributed by atoms with Gasteiger partial charge in [-0.05, 0) is 37.9 Å². The molecule has 0 radical (unpaired) electrons. The predicted molar refractivity (Wildman–Crippen MR) is 101 cm³/mol. The summed E-state index contributed by atoms with van der Waals surface area (Å²) in [5, 5.41) is 2.77. The van der Waals surface area contributed by atoms with Crippen LogP contribution in [0.25, 0.3) is 11.1 Å². The third-order valence-corrected chi connectivity index (χ3v) is 5.24. The maximum absolute atomic E-state index is 13.7. The topological polar surface area (TPSA) is 54.1 Å². The molecular formula is C21H23FN2O3. The number of fused-ring (bicyclic) bond motifs is 1. The Labute approximate surface area is 158 Å². The molecule has 0 bridgehead atoms. The van der Waals surface area contributed by atoms with Crippen LogP contribution in [0, 0.1) is 5.82 Å². The average molecular weight is 370 g/mol. The fraction of sp³-hybridized carbons (Fsp3) is 0.381. The van der Waals surface area contributed by atoms with Gasteiger partial charge in [-0.3, -0.25) is 5.32 Å². The van der Waals surface area contributed by atoms with Gasteiger partial charge >= 0.3 is 6.09 Å². The minimum absolute atomic E-state index is 0.176.